The smallest absolute Gasteiger partial charge is 0.414 e. The van der Waals surface area contributed by atoms with Crippen molar-refractivity contribution < 1.29 is 14.3 Å². The van der Waals surface area contributed by atoms with Crippen LogP contribution in [-0.2, 0) is 4.74 Å². The Labute approximate surface area is 157 Å². The van der Waals surface area contributed by atoms with Crippen LogP contribution in [0.3, 0.4) is 0 Å². The molecule has 1 aromatic carbocycles. The van der Waals surface area contributed by atoms with E-state index in [0.29, 0.717) is 17.9 Å². The normalized spacial score (nSPS) is 19.3. The molecule has 4 heteroatoms. The van der Waals surface area contributed by atoms with Crippen molar-refractivity contribution in [2.75, 3.05) is 11.5 Å². The van der Waals surface area contributed by atoms with Gasteiger partial charge in [-0.2, -0.15) is 0 Å². The van der Waals surface area contributed by atoms with E-state index in [4.69, 9.17) is 4.74 Å². The summed E-state index contributed by atoms with van der Waals surface area (Å²) in [5.74, 6) is 0.0611. The van der Waals surface area contributed by atoms with Gasteiger partial charge in [0.05, 0.1) is 18.3 Å². The molecule has 0 saturated carbocycles. The van der Waals surface area contributed by atoms with Gasteiger partial charge in [0.25, 0.3) is 0 Å². The fraction of sp³-hybridized carbons (Fsp3) is 0.636. The van der Waals surface area contributed by atoms with Crippen LogP contribution in [0.5, 0.6) is 0 Å². The quantitative estimate of drug-likeness (QED) is 0.509. The maximum absolute atomic E-state index is 13.2. The Kier molecular flexibility index (Phi) is 8.14. The van der Waals surface area contributed by atoms with Crippen LogP contribution in [0.4, 0.5) is 10.5 Å². The highest BCUT2D eigenvalue weighted by atomic mass is 16.6. The average Bonchev–Trinajstić information content (AvgIpc) is 2.65. The Morgan fingerprint density at radius 3 is 2.42 bits per heavy atom. The summed E-state index contributed by atoms with van der Waals surface area (Å²) in [6.07, 6.45) is 7.95. The number of anilines is 1. The van der Waals surface area contributed by atoms with Crippen molar-refractivity contribution in [1.82, 2.24) is 0 Å². The minimum Gasteiger partial charge on any atom is -0.449 e. The van der Waals surface area contributed by atoms with Gasteiger partial charge in [0.15, 0.2) is 5.78 Å². The summed E-state index contributed by atoms with van der Waals surface area (Å²) in [7, 11) is 0. The SMILES string of the molecule is CCCCCC[C@H]1[C@H](CCCC)C(=O)c2ccccc2N1C(=O)OCC. The zero-order valence-corrected chi connectivity index (χ0v) is 16.5. The molecule has 0 aromatic heterocycles. The van der Waals surface area contributed by atoms with E-state index < -0.39 is 0 Å². The molecule has 0 N–H and O–H groups in total. The second kappa shape index (κ2) is 10.3. The van der Waals surface area contributed by atoms with E-state index in [-0.39, 0.29) is 23.8 Å². The molecular formula is C22H33NO3. The van der Waals surface area contributed by atoms with E-state index in [1.807, 2.05) is 31.2 Å². The molecule has 2 atom stereocenters. The van der Waals surface area contributed by atoms with E-state index in [0.717, 1.165) is 38.5 Å². The van der Waals surface area contributed by atoms with Gasteiger partial charge in [-0.1, -0.05) is 64.5 Å². The lowest BCUT2D eigenvalue weighted by Gasteiger charge is -2.41. The number of ether oxygens (including phenoxy) is 1. The van der Waals surface area contributed by atoms with Crippen LogP contribution in [0.1, 0.15) is 82.5 Å². The summed E-state index contributed by atoms with van der Waals surface area (Å²) in [5, 5.41) is 0. The molecule has 4 nitrogen and oxygen atoms in total. The molecular weight excluding hydrogens is 326 g/mol. The Morgan fingerprint density at radius 2 is 1.73 bits per heavy atom. The van der Waals surface area contributed by atoms with E-state index in [1.54, 1.807) is 4.90 Å². The molecule has 0 fully saturated rings. The summed E-state index contributed by atoms with van der Waals surface area (Å²) in [6.45, 7) is 6.49. The fourth-order valence-corrected chi connectivity index (χ4v) is 3.91. The number of ketones is 1. The van der Waals surface area contributed by atoms with Crippen LogP contribution in [0.15, 0.2) is 24.3 Å². The van der Waals surface area contributed by atoms with Gasteiger partial charge in [0.1, 0.15) is 0 Å². The highest BCUT2D eigenvalue weighted by molar-refractivity contribution is 6.09. The zero-order valence-electron chi connectivity index (χ0n) is 16.5. The molecule has 0 saturated heterocycles. The number of benzene rings is 1. The van der Waals surface area contributed by atoms with Crippen molar-refractivity contribution >= 4 is 17.6 Å². The molecule has 2 rings (SSSR count). The highest BCUT2D eigenvalue weighted by Crippen LogP contribution is 2.38. The van der Waals surface area contributed by atoms with Gasteiger partial charge in [0, 0.05) is 11.5 Å². The Hall–Kier alpha value is -1.84. The van der Waals surface area contributed by atoms with E-state index >= 15 is 0 Å². The Bertz CT molecular complexity index is 599. The second-order valence-corrected chi connectivity index (χ2v) is 7.12. The zero-order chi connectivity index (χ0) is 18.9. The number of carbonyl (C=O) groups excluding carboxylic acids is 2. The first-order valence-electron chi connectivity index (χ1n) is 10.2. The number of carbonyl (C=O) groups is 2. The molecule has 1 aliphatic heterocycles. The molecule has 1 aromatic rings. The lowest BCUT2D eigenvalue weighted by Crippen LogP contribution is -2.51. The minimum atomic E-state index is -0.325. The van der Waals surface area contributed by atoms with Gasteiger partial charge in [-0.3, -0.25) is 9.69 Å². The largest absolute Gasteiger partial charge is 0.449 e. The third-order valence-electron chi connectivity index (χ3n) is 5.25. The average molecular weight is 360 g/mol. The number of Topliss-reactive ketones (excluding diaryl/α,β-unsaturated/α-hetero) is 1. The van der Waals surface area contributed by atoms with Crippen molar-refractivity contribution in [2.45, 2.75) is 78.2 Å². The van der Waals surface area contributed by atoms with E-state index in [1.165, 1.54) is 12.8 Å². The first-order valence-corrected chi connectivity index (χ1v) is 10.2. The number of amides is 1. The number of rotatable bonds is 9. The van der Waals surface area contributed by atoms with Crippen LogP contribution in [0, 0.1) is 5.92 Å². The van der Waals surface area contributed by atoms with E-state index in [9.17, 15) is 9.59 Å². The summed E-state index contributed by atoms with van der Waals surface area (Å²) in [4.78, 5) is 27.7. The summed E-state index contributed by atoms with van der Waals surface area (Å²) >= 11 is 0. The van der Waals surface area contributed by atoms with Crippen molar-refractivity contribution in [2.24, 2.45) is 5.92 Å². The summed E-state index contributed by atoms with van der Waals surface area (Å²) < 4.78 is 5.36. The van der Waals surface area contributed by atoms with Gasteiger partial charge in [-0.15, -0.1) is 0 Å². The van der Waals surface area contributed by atoms with Gasteiger partial charge in [0.2, 0.25) is 0 Å². The number of fused-ring (bicyclic) bond motifs is 1. The predicted octanol–water partition coefficient (Wildman–Crippen LogP) is 5.99. The van der Waals surface area contributed by atoms with Crippen molar-refractivity contribution in [1.29, 1.82) is 0 Å². The molecule has 0 spiro atoms. The molecule has 1 aliphatic rings. The number of hydrogen-bond donors (Lipinski definition) is 0. The first-order chi connectivity index (χ1) is 12.7. The predicted molar refractivity (Wildman–Crippen MR) is 106 cm³/mol. The number of nitrogens with zero attached hydrogens (tertiary/aromatic N) is 1. The van der Waals surface area contributed by atoms with Crippen LogP contribution >= 0.6 is 0 Å². The lowest BCUT2D eigenvalue weighted by molar-refractivity contribution is 0.0866. The monoisotopic (exact) mass is 359 g/mol. The summed E-state index contributed by atoms with van der Waals surface area (Å²) in [5.41, 5.74) is 1.37. The molecule has 1 amide bonds. The number of unbranched alkanes of at least 4 members (excludes halogenated alkanes) is 4. The second-order valence-electron chi connectivity index (χ2n) is 7.12. The van der Waals surface area contributed by atoms with Crippen LogP contribution in [-0.4, -0.2) is 24.5 Å². The van der Waals surface area contributed by atoms with Crippen LogP contribution < -0.4 is 4.90 Å². The summed E-state index contributed by atoms with van der Waals surface area (Å²) in [6, 6.07) is 7.38. The van der Waals surface area contributed by atoms with Gasteiger partial charge in [-0.05, 0) is 31.9 Å². The van der Waals surface area contributed by atoms with Gasteiger partial charge < -0.3 is 4.74 Å². The molecule has 26 heavy (non-hydrogen) atoms. The van der Waals surface area contributed by atoms with Crippen LogP contribution in [0.2, 0.25) is 0 Å². The molecule has 1 heterocycles. The fourth-order valence-electron chi connectivity index (χ4n) is 3.91. The minimum absolute atomic E-state index is 0.0974. The van der Waals surface area contributed by atoms with E-state index in [2.05, 4.69) is 13.8 Å². The third-order valence-corrected chi connectivity index (χ3v) is 5.25. The molecule has 0 radical (unpaired) electrons. The maximum atomic E-state index is 13.2. The molecule has 144 valence electrons. The van der Waals surface area contributed by atoms with Crippen molar-refractivity contribution in [3.8, 4) is 0 Å². The van der Waals surface area contributed by atoms with Crippen LogP contribution in [0.25, 0.3) is 0 Å². The van der Waals surface area contributed by atoms with Gasteiger partial charge in [-0.25, -0.2) is 4.79 Å². The standard InChI is InChI=1S/C22H33NO3/c1-4-7-9-10-15-19-17(13-8-5-2)21(24)18-14-11-12-16-20(18)23(19)22(25)26-6-3/h11-12,14,16-17,19H,4-10,13,15H2,1-3H3/t17-,19-/m0/s1. The number of para-hydroxylation sites is 1. The third kappa shape index (κ3) is 4.66. The lowest BCUT2D eigenvalue weighted by atomic mass is 9.79. The first kappa shape index (κ1) is 20.5. The Morgan fingerprint density at radius 1 is 1.00 bits per heavy atom. The van der Waals surface area contributed by atoms with Crippen molar-refractivity contribution in [3.63, 3.8) is 0 Å². The topological polar surface area (TPSA) is 46.6 Å². The molecule has 0 bridgehead atoms. The Balaban J connectivity index is 2.36. The van der Waals surface area contributed by atoms with Crippen molar-refractivity contribution in [3.05, 3.63) is 29.8 Å². The molecule has 0 unspecified atom stereocenters. The van der Waals surface area contributed by atoms with Gasteiger partial charge >= 0.3 is 6.09 Å². The maximum Gasteiger partial charge on any atom is 0.414 e. The number of hydrogen-bond acceptors (Lipinski definition) is 3. The highest BCUT2D eigenvalue weighted by Gasteiger charge is 2.42. The molecule has 0 aliphatic carbocycles.